The van der Waals surface area contributed by atoms with Crippen molar-refractivity contribution in [3.8, 4) is 0 Å². The third kappa shape index (κ3) is 2.28. The molecule has 1 aliphatic carbocycles. The van der Waals surface area contributed by atoms with Gasteiger partial charge in [-0.1, -0.05) is 0 Å². The number of benzene rings is 1. The zero-order valence-electron chi connectivity index (χ0n) is 9.25. The smallest absolute Gasteiger partial charge is 0.339 e. The Morgan fingerprint density at radius 3 is 2.17 bits per heavy atom. The van der Waals surface area contributed by atoms with Crippen LogP contribution in [0.25, 0.3) is 0 Å². The van der Waals surface area contributed by atoms with Gasteiger partial charge < -0.3 is 10.2 Å². The van der Waals surface area contributed by atoms with Crippen molar-refractivity contribution in [3.05, 3.63) is 42.0 Å². The van der Waals surface area contributed by atoms with Crippen molar-refractivity contribution >= 4 is 23.2 Å². The molecule has 0 aliphatic heterocycles. The standard InChI is InChI=1S/C12H10N2O4/c13-14-8-3-1-7(2-4-8)12(17)18-11-9(15)5-6-10(11)16/h1-6,11,14H,13H2. The van der Waals surface area contributed by atoms with Gasteiger partial charge >= 0.3 is 5.97 Å². The molecule has 0 atom stereocenters. The van der Waals surface area contributed by atoms with E-state index >= 15 is 0 Å². The number of nitrogen functional groups attached to an aromatic ring is 1. The second-order valence-corrected chi connectivity index (χ2v) is 3.65. The van der Waals surface area contributed by atoms with Crippen LogP contribution in [0.2, 0.25) is 0 Å². The lowest BCUT2D eigenvalue weighted by molar-refractivity contribution is -0.131. The number of nitrogens with one attached hydrogen (secondary N) is 1. The summed E-state index contributed by atoms with van der Waals surface area (Å²) in [4.78, 5) is 34.2. The van der Waals surface area contributed by atoms with E-state index in [2.05, 4.69) is 5.43 Å². The number of anilines is 1. The minimum Gasteiger partial charge on any atom is -0.442 e. The SMILES string of the molecule is NNc1ccc(C(=O)OC2C(=O)C=CC2=O)cc1. The van der Waals surface area contributed by atoms with Crippen molar-refractivity contribution in [2.45, 2.75) is 6.10 Å². The second kappa shape index (κ2) is 4.80. The summed E-state index contributed by atoms with van der Waals surface area (Å²) in [7, 11) is 0. The molecule has 0 spiro atoms. The van der Waals surface area contributed by atoms with Crippen LogP contribution in [0.1, 0.15) is 10.4 Å². The van der Waals surface area contributed by atoms with E-state index in [9.17, 15) is 14.4 Å². The van der Waals surface area contributed by atoms with Crippen molar-refractivity contribution < 1.29 is 19.1 Å². The zero-order chi connectivity index (χ0) is 13.1. The fourth-order valence-corrected chi connectivity index (χ4v) is 1.47. The Bertz CT molecular complexity index is 516. The predicted molar refractivity (Wildman–Crippen MR) is 62.6 cm³/mol. The summed E-state index contributed by atoms with van der Waals surface area (Å²) >= 11 is 0. The number of esters is 1. The van der Waals surface area contributed by atoms with Crippen LogP contribution in [-0.2, 0) is 14.3 Å². The summed E-state index contributed by atoms with van der Waals surface area (Å²) in [5.41, 5.74) is 3.27. The molecular formula is C12H10N2O4. The highest BCUT2D eigenvalue weighted by atomic mass is 16.6. The van der Waals surface area contributed by atoms with Gasteiger partial charge in [0.2, 0.25) is 17.7 Å². The Labute approximate surface area is 102 Å². The highest BCUT2D eigenvalue weighted by Gasteiger charge is 2.32. The predicted octanol–water partition coefficient (Wildman–Crippen LogP) is 0.206. The van der Waals surface area contributed by atoms with Crippen molar-refractivity contribution in [3.63, 3.8) is 0 Å². The van der Waals surface area contributed by atoms with E-state index in [-0.39, 0.29) is 5.56 Å². The molecule has 0 saturated heterocycles. The Kier molecular flexibility index (Phi) is 3.20. The van der Waals surface area contributed by atoms with Crippen LogP contribution < -0.4 is 11.3 Å². The van der Waals surface area contributed by atoms with Crippen LogP contribution in [0, 0.1) is 0 Å². The van der Waals surface area contributed by atoms with Gasteiger partial charge in [-0.25, -0.2) is 4.79 Å². The first-order valence-electron chi connectivity index (χ1n) is 5.15. The minimum absolute atomic E-state index is 0.238. The van der Waals surface area contributed by atoms with Gasteiger partial charge in [-0.05, 0) is 36.4 Å². The molecule has 6 heteroatoms. The maximum atomic E-state index is 11.7. The first-order valence-corrected chi connectivity index (χ1v) is 5.15. The molecule has 1 aromatic carbocycles. The van der Waals surface area contributed by atoms with Gasteiger partial charge in [-0.15, -0.1) is 0 Å². The van der Waals surface area contributed by atoms with E-state index in [0.29, 0.717) is 5.69 Å². The Hall–Kier alpha value is -2.47. The quantitative estimate of drug-likeness (QED) is 0.342. The topological polar surface area (TPSA) is 98.5 Å². The van der Waals surface area contributed by atoms with E-state index in [0.717, 1.165) is 12.2 Å². The first-order chi connectivity index (χ1) is 8.61. The van der Waals surface area contributed by atoms with Gasteiger partial charge in [-0.2, -0.15) is 0 Å². The molecular weight excluding hydrogens is 236 g/mol. The van der Waals surface area contributed by atoms with Crippen LogP contribution in [0.15, 0.2) is 36.4 Å². The molecule has 92 valence electrons. The molecule has 1 aliphatic rings. The van der Waals surface area contributed by atoms with Crippen molar-refractivity contribution in [2.75, 3.05) is 5.43 Å². The third-order valence-corrected chi connectivity index (χ3v) is 2.44. The van der Waals surface area contributed by atoms with E-state index < -0.39 is 23.6 Å². The highest BCUT2D eigenvalue weighted by Crippen LogP contribution is 2.13. The number of rotatable bonds is 3. The van der Waals surface area contributed by atoms with Gasteiger partial charge in [0.1, 0.15) is 0 Å². The number of carbonyl (C=O) groups excluding carboxylic acids is 3. The lowest BCUT2D eigenvalue weighted by atomic mass is 10.2. The minimum atomic E-state index is -1.34. The molecule has 0 unspecified atom stereocenters. The van der Waals surface area contributed by atoms with Crippen LogP contribution in [0.5, 0.6) is 0 Å². The van der Waals surface area contributed by atoms with E-state index in [1.165, 1.54) is 12.1 Å². The molecule has 0 saturated carbocycles. The van der Waals surface area contributed by atoms with Gasteiger partial charge in [0.05, 0.1) is 5.56 Å². The van der Waals surface area contributed by atoms with E-state index in [1.54, 1.807) is 12.1 Å². The number of ketones is 2. The van der Waals surface area contributed by atoms with Crippen molar-refractivity contribution in [1.29, 1.82) is 0 Å². The van der Waals surface area contributed by atoms with Gasteiger partial charge in [0, 0.05) is 5.69 Å². The number of hydrazine groups is 1. The Morgan fingerprint density at radius 2 is 1.67 bits per heavy atom. The first kappa shape index (κ1) is 12.0. The fraction of sp³-hybridized carbons (Fsp3) is 0.0833. The Balaban J connectivity index is 2.07. The molecule has 0 aromatic heterocycles. The van der Waals surface area contributed by atoms with E-state index in [1.807, 2.05) is 0 Å². The van der Waals surface area contributed by atoms with E-state index in [4.69, 9.17) is 10.6 Å². The van der Waals surface area contributed by atoms with Crippen LogP contribution in [-0.4, -0.2) is 23.6 Å². The van der Waals surface area contributed by atoms with Gasteiger partial charge in [0.25, 0.3) is 0 Å². The number of ether oxygens (including phenoxy) is 1. The van der Waals surface area contributed by atoms with Crippen molar-refractivity contribution in [1.82, 2.24) is 0 Å². The largest absolute Gasteiger partial charge is 0.442 e. The lowest BCUT2D eigenvalue weighted by Gasteiger charge is -2.09. The molecule has 0 bridgehead atoms. The number of nitrogens with two attached hydrogens (primary N) is 1. The Morgan fingerprint density at radius 1 is 1.11 bits per heavy atom. The summed E-state index contributed by atoms with van der Waals surface area (Å²) < 4.78 is 4.84. The molecule has 18 heavy (non-hydrogen) atoms. The number of carbonyl (C=O) groups is 3. The molecule has 6 nitrogen and oxygen atoms in total. The third-order valence-electron chi connectivity index (χ3n) is 2.44. The lowest BCUT2D eigenvalue weighted by Crippen LogP contribution is -2.29. The summed E-state index contributed by atoms with van der Waals surface area (Å²) in [5, 5.41) is 0. The highest BCUT2D eigenvalue weighted by molar-refractivity contribution is 6.22. The maximum Gasteiger partial charge on any atom is 0.339 e. The summed E-state index contributed by atoms with van der Waals surface area (Å²) in [6, 6.07) is 6.12. The molecule has 1 aromatic rings. The van der Waals surface area contributed by atoms with Crippen LogP contribution in [0.4, 0.5) is 5.69 Å². The number of hydrogen-bond donors (Lipinski definition) is 2. The second-order valence-electron chi connectivity index (χ2n) is 3.65. The molecule has 0 radical (unpaired) electrons. The molecule has 0 amide bonds. The monoisotopic (exact) mass is 246 g/mol. The van der Waals surface area contributed by atoms with Gasteiger partial charge in [-0.3, -0.25) is 15.4 Å². The summed E-state index contributed by atoms with van der Waals surface area (Å²) in [5.74, 6) is 3.41. The van der Waals surface area contributed by atoms with Crippen LogP contribution >= 0.6 is 0 Å². The van der Waals surface area contributed by atoms with Crippen molar-refractivity contribution in [2.24, 2.45) is 5.84 Å². The summed E-state index contributed by atoms with van der Waals surface area (Å²) in [6.07, 6.45) is 0.855. The zero-order valence-corrected chi connectivity index (χ0v) is 9.25. The molecule has 0 fully saturated rings. The molecule has 3 N–H and O–H groups in total. The fourth-order valence-electron chi connectivity index (χ4n) is 1.47. The number of hydrogen-bond acceptors (Lipinski definition) is 6. The van der Waals surface area contributed by atoms with Gasteiger partial charge in [0.15, 0.2) is 0 Å². The normalized spacial score (nSPS) is 14.9. The average Bonchev–Trinajstić information content (AvgIpc) is 2.70. The van der Waals surface area contributed by atoms with Crippen LogP contribution in [0.3, 0.4) is 0 Å². The summed E-state index contributed by atoms with van der Waals surface area (Å²) in [6.45, 7) is 0. The molecule has 2 rings (SSSR count). The molecule has 0 heterocycles. The average molecular weight is 246 g/mol. The maximum absolute atomic E-state index is 11.7.